The quantitative estimate of drug-likeness (QED) is 0.706. The van der Waals surface area contributed by atoms with Gasteiger partial charge in [0.15, 0.2) is 0 Å². The van der Waals surface area contributed by atoms with Gasteiger partial charge in [-0.25, -0.2) is 0 Å². The Bertz CT molecular complexity index is 603. The number of benzene rings is 1. The smallest absolute Gasteiger partial charge is 0.254 e. The molecule has 94 valence electrons. The first kappa shape index (κ1) is 12.0. The molecule has 5 N–H and O–H groups in total. The number of amides is 1. The van der Waals surface area contributed by atoms with Gasteiger partial charge in [-0.3, -0.25) is 9.48 Å². The van der Waals surface area contributed by atoms with Crippen LogP contribution in [0.1, 0.15) is 16.1 Å². The molecule has 0 unspecified atom stereocenters. The van der Waals surface area contributed by atoms with Gasteiger partial charge in [-0.2, -0.15) is 5.10 Å². The second-order valence-corrected chi connectivity index (χ2v) is 4.05. The summed E-state index contributed by atoms with van der Waals surface area (Å²) in [5.74, 6) is 0.0533. The number of nitrogens with one attached hydrogen (secondary N) is 1. The molecule has 0 bridgehead atoms. The van der Waals surface area contributed by atoms with Crippen LogP contribution < -0.4 is 16.8 Å². The van der Waals surface area contributed by atoms with Gasteiger partial charge in [-0.15, -0.1) is 0 Å². The van der Waals surface area contributed by atoms with Gasteiger partial charge in [0.25, 0.3) is 5.91 Å². The summed E-state index contributed by atoms with van der Waals surface area (Å²) in [6, 6.07) is 7.23. The largest absolute Gasteiger partial charge is 0.399 e. The van der Waals surface area contributed by atoms with Gasteiger partial charge in [0.05, 0.1) is 5.69 Å². The Morgan fingerprint density at radius 2 is 2.17 bits per heavy atom. The van der Waals surface area contributed by atoms with Crippen LogP contribution in [0.2, 0.25) is 0 Å². The Morgan fingerprint density at radius 1 is 1.44 bits per heavy atom. The number of anilines is 3. The normalized spacial score (nSPS) is 10.3. The number of aromatic nitrogens is 2. The lowest BCUT2D eigenvalue weighted by molar-refractivity contribution is 0.100. The first-order chi connectivity index (χ1) is 8.49. The molecule has 1 aromatic heterocycles. The minimum atomic E-state index is -0.507. The van der Waals surface area contributed by atoms with Crippen molar-refractivity contribution in [1.29, 1.82) is 0 Å². The van der Waals surface area contributed by atoms with Gasteiger partial charge in [0.1, 0.15) is 11.4 Å². The molecule has 2 rings (SSSR count). The number of hydrogen-bond donors (Lipinski definition) is 3. The predicted molar refractivity (Wildman–Crippen MR) is 70.6 cm³/mol. The van der Waals surface area contributed by atoms with Gasteiger partial charge in [0, 0.05) is 18.4 Å². The maximum Gasteiger partial charge on any atom is 0.254 e. The minimum Gasteiger partial charge on any atom is -0.399 e. The van der Waals surface area contributed by atoms with Gasteiger partial charge < -0.3 is 16.8 Å². The average Bonchev–Trinajstić information content (AvgIpc) is 2.53. The lowest BCUT2D eigenvalue weighted by Gasteiger charge is -2.08. The highest BCUT2D eigenvalue weighted by molar-refractivity contribution is 5.99. The van der Waals surface area contributed by atoms with Crippen molar-refractivity contribution in [3.05, 3.63) is 35.5 Å². The third-order valence-electron chi connectivity index (χ3n) is 2.62. The van der Waals surface area contributed by atoms with E-state index in [0.29, 0.717) is 22.8 Å². The zero-order chi connectivity index (χ0) is 13.3. The number of carbonyl (C=O) groups excluding carboxylic acids is 1. The summed E-state index contributed by atoms with van der Waals surface area (Å²) in [4.78, 5) is 11.4. The summed E-state index contributed by atoms with van der Waals surface area (Å²) in [5.41, 5.74) is 13.5. The Balaban J connectivity index is 2.43. The molecule has 6 nitrogen and oxygen atoms in total. The zero-order valence-corrected chi connectivity index (χ0v) is 10.3. The molecule has 0 aliphatic heterocycles. The number of primary amides is 1. The highest BCUT2D eigenvalue weighted by Crippen LogP contribution is 2.23. The molecule has 1 heterocycles. The number of rotatable bonds is 3. The molecule has 0 aliphatic rings. The van der Waals surface area contributed by atoms with E-state index in [0.717, 1.165) is 5.69 Å². The summed E-state index contributed by atoms with van der Waals surface area (Å²) in [6.07, 6.45) is 0. The van der Waals surface area contributed by atoms with Crippen LogP contribution in [0.5, 0.6) is 0 Å². The first-order valence-corrected chi connectivity index (χ1v) is 5.45. The molecule has 0 atom stereocenters. The average molecular weight is 245 g/mol. The summed E-state index contributed by atoms with van der Waals surface area (Å²) in [6.45, 7) is 1.74. The minimum absolute atomic E-state index is 0.389. The number of nitrogen functional groups attached to an aromatic ring is 1. The van der Waals surface area contributed by atoms with Crippen molar-refractivity contribution >= 4 is 23.1 Å². The maximum atomic E-state index is 11.4. The van der Waals surface area contributed by atoms with E-state index in [1.165, 1.54) is 0 Å². The van der Waals surface area contributed by atoms with Crippen LogP contribution in [0, 0.1) is 6.92 Å². The molecule has 0 saturated heterocycles. The lowest BCUT2D eigenvalue weighted by atomic mass is 10.2. The van der Waals surface area contributed by atoms with Gasteiger partial charge in [-0.05, 0) is 25.1 Å². The van der Waals surface area contributed by atoms with Crippen molar-refractivity contribution in [3.8, 4) is 0 Å². The van der Waals surface area contributed by atoms with E-state index < -0.39 is 5.91 Å². The molecule has 0 saturated carbocycles. The third-order valence-corrected chi connectivity index (χ3v) is 2.62. The molecule has 18 heavy (non-hydrogen) atoms. The SMILES string of the molecule is Cc1nn(C)c(Nc2cccc(N)c2)c1C(N)=O. The van der Waals surface area contributed by atoms with Crippen molar-refractivity contribution in [2.45, 2.75) is 6.92 Å². The fourth-order valence-electron chi connectivity index (χ4n) is 1.85. The van der Waals surface area contributed by atoms with Crippen molar-refractivity contribution < 1.29 is 4.79 Å². The van der Waals surface area contributed by atoms with E-state index in [2.05, 4.69) is 10.4 Å². The van der Waals surface area contributed by atoms with Crippen LogP contribution in [0.15, 0.2) is 24.3 Å². The lowest BCUT2D eigenvalue weighted by Crippen LogP contribution is -2.14. The van der Waals surface area contributed by atoms with E-state index >= 15 is 0 Å². The van der Waals surface area contributed by atoms with Gasteiger partial charge in [-0.1, -0.05) is 6.07 Å². The number of nitrogens with two attached hydrogens (primary N) is 2. The summed E-state index contributed by atoms with van der Waals surface area (Å²) in [7, 11) is 1.74. The number of nitrogens with zero attached hydrogens (tertiary/aromatic N) is 2. The van der Waals surface area contributed by atoms with E-state index in [9.17, 15) is 4.79 Å². The van der Waals surface area contributed by atoms with Crippen LogP contribution in [-0.4, -0.2) is 15.7 Å². The molecule has 0 radical (unpaired) electrons. The maximum absolute atomic E-state index is 11.4. The molecule has 1 amide bonds. The Labute approximate surface area is 105 Å². The topological polar surface area (TPSA) is 99.0 Å². The van der Waals surface area contributed by atoms with Crippen molar-refractivity contribution in [2.75, 3.05) is 11.1 Å². The molecule has 6 heteroatoms. The van der Waals surface area contributed by atoms with E-state index in [-0.39, 0.29) is 0 Å². The second kappa shape index (κ2) is 4.40. The van der Waals surface area contributed by atoms with E-state index in [4.69, 9.17) is 11.5 Å². The number of hydrogen-bond acceptors (Lipinski definition) is 4. The van der Waals surface area contributed by atoms with Crippen LogP contribution >= 0.6 is 0 Å². The Morgan fingerprint density at radius 3 is 2.78 bits per heavy atom. The summed E-state index contributed by atoms with van der Waals surface area (Å²) < 4.78 is 1.58. The monoisotopic (exact) mass is 245 g/mol. The molecular weight excluding hydrogens is 230 g/mol. The number of carbonyl (C=O) groups is 1. The van der Waals surface area contributed by atoms with Crippen LogP contribution in [0.3, 0.4) is 0 Å². The van der Waals surface area contributed by atoms with Crippen LogP contribution in [0.4, 0.5) is 17.2 Å². The fourth-order valence-corrected chi connectivity index (χ4v) is 1.85. The highest BCUT2D eigenvalue weighted by Gasteiger charge is 2.17. The third kappa shape index (κ3) is 2.13. The van der Waals surface area contributed by atoms with E-state index in [1.54, 1.807) is 30.8 Å². The fraction of sp³-hybridized carbons (Fsp3) is 0.167. The second-order valence-electron chi connectivity index (χ2n) is 4.05. The van der Waals surface area contributed by atoms with Crippen molar-refractivity contribution in [1.82, 2.24) is 9.78 Å². The number of aryl methyl sites for hydroxylation is 2. The molecule has 2 aromatic rings. The zero-order valence-electron chi connectivity index (χ0n) is 10.3. The molecule has 0 aliphatic carbocycles. The molecular formula is C12H15N5O. The molecule has 0 fully saturated rings. The van der Waals surface area contributed by atoms with E-state index in [1.807, 2.05) is 12.1 Å². The van der Waals surface area contributed by atoms with Crippen LogP contribution in [-0.2, 0) is 7.05 Å². The van der Waals surface area contributed by atoms with Crippen molar-refractivity contribution in [3.63, 3.8) is 0 Å². The summed E-state index contributed by atoms with van der Waals surface area (Å²) >= 11 is 0. The first-order valence-electron chi connectivity index (χ1n) is 5.45. The molecule has 1 aromatic carbocycles. The van der Waals surface area contributed by atoms with Crippen molar-refractivity contribution in [2.24, 2.45) is 12.8 Å². The van der Waals surface area contributed by atoms with Gasteiger partial charge in [0.2, 0.25) is 0 Å². The summed E-state index contributed by atoms with van der Waals surface area (Å²) in [5, 5.41) is 7.28. The Kier molecular flexibility index (Phi) is 2.93. The highest BCUT2D eigenvalue weighted by atomic mass is 16.1. The standard InChI is InChI=1S/C12H15N5O/c1-7-10(11(14)18)12(17(2)16-7)15-9-5-3-4-8(13)6-9/h3-6,15H,13H2,1-2H3,(H2,14,18). The molecule has 0 spiro atoms. The Hall–Kier alpha value is -2.50. The van der Waals surface area contributed by atoms with Crippen LogP contribution in [0.25, 0.3) is 0 Å². The van der Waals surface area contributed by atoms with Gasteiger partial charge >= 0.3 is 0 Å². The predicted octanol–water partition coefficient (Wildman–Crippen LogP) is 1.15.